The standard InChI is InChI=1S/C17H20O3/c18-14(15(19)20)17(13-7-3-1-4-8-13)11-16(12-17)9-5-2-6-10-16/h1,3-4,7-8H,2,5-6,9-12H2,(H,19,20). The van der Waals surface area contributed by atoms with Gasteiger partial charge in [0, 0.05) is 0 Å². The van der Waals surface area contributed by atoms with Gasteiger partial charge in [0.1, 0.15) is 0 Å². The lowest BCUT2D eigenvalue weighted by Gasteiger charge is -2.57. The Kier molecular flexibility index (Phi) is 3.15. The summed E-state index contributed by atoms with van der Waals surface area (Å²) < 4.78 is 0. The summed E-state index contributed by atoms with van der Waals surface area (Å²) in [4.78, 5) is 23.5. The lowest BCUT2D eigenvalue weighted by molar-refractivity contribution is -0.158. The summed E-state index contributed by atoms with van der Waals surface area (Å²) >= 11 is 0. The molecule has 2 aliphatic carbocycles. The largest absolute Gasteiger partial charge is 0.475 e. The smallest absolute Gasteiger partial charge is 0.373 e. The van der Waals surface area contributed by atoms with Crippen LogP contribution in [0.3, 0.4) is 0 Å². The van der Waals surface area contributed by atoms with Gasteiger partial charge in [0.15, 0.2) is 0 Å². The van der Waals surface area contributed by atoms with Crippen LogP contribution in [0.25, 0.3) is 0 Å². The van der Waals surface area contributed by atoms with Gasteiger partial charge in [0.25, 0.3) is 0 Å². The second kappa shape index (κ2) is 4.72. The number of ketones is 1. The first-order valence-electron chi connectivity index (χ1n) is 7.41. The van der Waals surface area contributed by atoms with Crippen molar-refractivity contribution in [2.45, 2.75) is 50.4 Å². The van der Waals surface area contributed by atoms with E-state index in [9.17, 15) is 14.7 Å². The van der Waals surface area contributed by atoms with Crippen molar-refractivity contribution in [3.8, 4) is 0 Å². The molecule has 1 aromatic carbocycles. The number of carbonyl (C=O) groups excluding carboxylic acids is 1. The van der Waals surface area contributed by atoms with Gasteiger partial charge in [-0.05, 0) is 36.7 Å². The lowest BCUT2D eigenvalue weighted by Crippen LogP contribution is -2.57. The molecule has 2 fully saturated rings. The Morgan fingerprint density at radius 3 is 2.10 bits per heavy atom. The Bertz CT molecular complexity index is 518. The highest BCUT2D eigenvalue weighted by atomic mass is 16.4. The minimum absolute atomic E-state index is 0.221. The van der Waals surface area contributed by atoms with Crippen molar-refractivity contribution < 1.29 is 14.7 Å². The third-order valence-electron chi connectivity index (χ3n) is 5.22. The fraction of sp³-hybridized carbons (Fsp3) is 0.529. The topological polar surface area (TPSA) is 54.4 Å². The van der Waals surface area contributed by atoms with Crippen molar-refractivity contribution in [3.05, 3.63) is 35.9 Å². The van der Waals surface area contributed by atoms with E-state index in [2.05, 4.69) is 0 Å². The Hall–Kier alpha value is -1.64. The first kappa shape index (κ1) is 13.3. The van der Waals surface area contributed by atoms with Crippen LogP contribution in [0.4, 0.5) is 0 Å². The van der Waals surface area contributed by atoms with Gasteiger partial charge in [-0.2, -0.15) is 0 Å². The second-order valence-electron chi connectivity index (χ2n) is 6.50. The summed E-state index contributed by atoms with van der Waals surface area (Å²) in [7, 11) is 0. The van der Waals surface area contributed by atoms with Gasteiger partial charge in [0.05, 0.1) is 5.41 Å². The fourth-order valence-corrected chi connectivity index (χ4v) is 4.34. The van der Waals surface area contributed by atoms with Crippen LogP contribution in [-0.4, -0.2) is 16.9 Å². The number of hydrogen-bond donors (Lipinski definition) is 1. The fourth-order valence-electron chi connectivity index (χ4n) is 4.34. The number of Topliss-reactive ketones (excluding diaryl/α,β-unsaturated/α-hetero) is 1. The molecule has 0 radical (unpaired) electrons. The van der Waals surface area contributed by atoms with Gasteiger partial charge in [-0.3, -0.25) is 4.79 Å². The average Bonchev–Trinajstić information content (AvgIpc) is 2.45. The van der Waals surface area contributed by atoms with Crippen LogP contribution in [0.5, 0.6) is 0 Å². The van der Waals surface area contributed by atoms with Crippen LogP contribution in [-0.2, 0) is 15.0 Å². The Morgan fingerprint density at radius 2 is 1.55 bits per heavy atom. The summed E-state index contributed by atoms with van der Waals surface area (Å²) in [5.41, 5.74) is 0.326. The molecule has 0 saturated heterocycles. The number of rotatable bonds is 3. The van der Waals surface area contributed by atoms with Crippen molar-refractivity contribution >= 4 is 11.8 Å². The molecule has 3 heteroatoms. The zero-order chi connectivity index (χ0) is 14.2. The van der Waals surface area contributed by atoms with Crippen LogP contribution < -0.4 is 0 Å². The summed E-state index contributed by atoms with van der Waals surface area (Å²) in [5, 5.41) is 9.18. The van der Waals surface area contributed by atoms with Crippen molar-refractivity contribution in [2.24, 2.45) is 5.41 Å². The molecule has 1 aromatic rings. The third-order valence-corrected chi connectivity index (χ3v) is 5.22. The first-order chi connectivity index (χ1) is 9.58. The zero-order valence-electron chi connectivity index (χ0n) is 11.6. The van der Waals surface area contributed by atoms with Gasteiger partial charge >= 0.3 is 5.97 Å². The van der Waals surface area contributed by atoms with E-state index >= 15 is 0 Å². The van der Waals surface area contributed by atoms with E-state index in [4.69, 9.17) is 0 Å². The number of benzene rings is 1. The minimum atomic E-state index is -1.29. The second-order valence-corrected chi connectivity index (χ2v) is 6.50. The Labute approximate surface area is 119 Å². The van der Waals surface area contributed by atoms with Crippen molar-refractivity contribution in [2.75, 3.05) is 0 Å². The van der Waals surface area contributed by atoms with E-state index < -0.39 is 17.2 Å². The van der Waals surface area contributed by atoms with Crippen LogP contribution in [0, 0.1) is 5.41 Å². The molecule has 3 rings (SSSR count). The van der Waals surface area contributed by atoms with Crippen LogP contribution in [0.1, 0.15) is 50.5 Å². The maximum Gasteiger partial charge on any atom is 0.373 e. The summed E-state index contributed by atoms with van der Waals surface area (Å²) in [5.74, 6) is -1.92. The predicted molar refractivity (Wildman–Crippen MR) is 75.5 cm³/mol. The van der Waals surface area contributed by atoms with Crippen molar-refractivity contribution in [3.63, 3.8) is 0 Å². The molecule has 20 heavy (non-hydrogen) atoms. The van der Waals surface area contributed by atoms with Crippen LogP contribution >= 0.6 is 0 Å². The number of aliphatic carboxylic acids is 1. The number of carbonyl (C=O) groups is 2. The molecule has 0 atom stereocenters. The molecular formula is C17H20O3. The average molecular weight is 272 g/mol. The molecule has 2 aliphatic rings. The minimum Gasteiger partial charge on any atom is -0.475 e. The molecule has 0 bridgehead atoms. The van der Waals surface area contributed by atoms with Gasteiger partial charge in [0.2, 0.25) is 5.78 Å². The van der Waals surface area contributed by atoms with Crippen molar-refractivity contribution in [1.82, 2.24) is 0 Å². The maximum absolute atomic E-state index is 12.3. The first-order valence-corrected chi connectivity index (χ1v) is 7.41. The van der Waals surface area contributed by atoms with Crippen LogP contribution in [0.2, 0.25) is 0 Å². The summed E-state index contributed by atoms with van der Waals surface area (Å²) in [6, 6.07) is 9.47. The van der Waals surface area contributed by atoms with E-state index in [1.54, 1.807) is 0 Å². The van der Waals surface area contributed by atoms with E-state index in [1.807, 2.05) is 30.3 Å². The molecule has 0 amide bonds. The van der Waals surface area contributed by atoms with Gasteiger partial charge < -0.3 is 5.11 Å². The number of carboxylic acid groups (broad SMARTS) is 1. The van der Waals surface area contributed by atoms with E-state index in [0.717, 1.165) is 31.2 Å². The quantitative estimate of drug-likeness (QED) is 0.859. The number of carboxylic acids is 1. The van der Waals surface area contributed by atoms with Gasteiger partial charge in [-0.1, -0.05) is 49.6 Å². The molecular weight excluding hydrogens is 252 g/mol. The van der Waals surface area contributed by atoms with Gasteiger partial charge in [-0.15, -0.1) is 0 Å². The van der Waals surface area contributed by atoms with Gasteiger partial charge in [-0.25, -0.2) is 4.79 Å². The molecule has 0 aliphatic heterocycles. The molecule has 106 valence electrons. The summed E-state index contributed by atoms with van der Waals surface area (Å²) in [6.45, 7) is 0. The summed E-state index contributed by atoms with van der Waals surface area (Å²) in [6.07, 6.45) is 7.43. The van der Waals surface area contributed by atoms with E-state index in [1.165, 1.54) is 19.3 Å². The predicted octanol–water partition coefficient (Wildman–Crippen LogP) is 3.32. The van der Waals surface area contributed by atoms with Crippen molar-refractivity contribution in [1.29, 1.82) is 0 Å². The van der Waals surface area contributed by atoms with E-state index in [0.29, 0.717) is 0 Å². The highest BCUT2D eigenvalue weighted by Gasteiger charge is 2.60. The highest BCUT2D eigenvalue weighted by molar-refractivity contribution is 6.36. The molecule has 1 spiro atoms. The molecule has 2 saturated carbocycles. The van der Waals surface area contributed by atoms with E-state index in [-0.39, 0.29) is 5.41 Å². The zero-order valence-corrected chi connectivity index (χ0v) is 11.6. The lowest BCUT2D eigenvalue weighted by atomic mass is 9.45. The maximum atomic E-state index is 12.3. The number of hydrogen-bond acceptors (Lipinski definition) is 2. The third kappa shape index (κ3) is 1.96. The van der Waals surface area contributed by atoms with Crippen LogP contribution in [0.15, 0.2) is 30.3 Å². The Morgan fingerprint density at radius 1 is 0.950 bits per heavy atom. The highest BCUT2D eigenvalue weighted by Crippen LogP contribution is 2.62. The molecule has 0 heterocycles. The monoisotopic (exact) mass is 272 g/mol. The Balaban J connectivity index is 1.92. The normalized spacial score (nSPS) is 23.0. The molecule has 0 unspecified atom stereocenters. The molecule has 0 aromatic heterocycles. The molecule has 1 N–H and O–H groups in total. The molecule has 3 nitrogen and oxygen atoms in total. The SMILES string of the molecule is O=C(O)C(=O)C1(c2ccccc2)CC2(CCCCC2)C1.